The molecule has 1 aromatic carbocycles. The Morgan fingerprint density at radius 1 is 1.38 bits per heavy atom. The van der Waals surface area contributed by atoms with Gasteiger partial charge in [-0.15, -0.1) is 11.3 Å². The molecule has 0 bridgehead atoms. The first-order chi connectivity index (χ1) is 12.7. The quantitative estimate of drug-likeness (QED) is 0.749. The predicted octanol–water partition coefficient (Wildman–Crippen LogP) is 4.27. The fraction of sp³-hybridized carbons (Fsp3) is 0.300. The third kappa shape index (κ3) is 3.51. The van der Waals surface area contributed by atoms with Crippen LogP contribution in [0.2, 0.25) is 0 Å². The lowest BCUT2D eigenvalue weighted by Crippen LogP contribution is -2.43. The zero-order valence-electron chi connectivity index (χ0n) is 14.6. The number of thiazole rings is 1. The van der Waals surface area contributed by atoms with Crippen LogP contribution in [0, 0.1) is 0 Å². The number of hydrogen-bond acceptors (Lipinski definition) is 4. The van der Waals surface area contributed by atoms with Crippen molar-refractivity contribution in [1.29, 1.82) is 0 Å². The molecule has 3 heterocycles. The summed E-state index contributed by atoms with van der Waals surface area (Å²) < 4.78 is 6.03. The number of nitrogens with zero attached hydrogens (tertiary/aromatic N) is 2. The van der Waals surface area contributed by atoms with Crippen LogP contribution in [0.15, 0.2) is 52.4 Å². The number of furan rings is 1. The highest BCUT2D eigenvalue weighted by atomic mass is 32.1. The molecular formula is C20H21N3O2S. The van der Waals surface area contributed by atoms with E-state index >= 15 is 0 Å². The van der Waals surface area contributed by atoms with Crippen LogP contribution < -0.4 is 5.32 Å². The number of carbonyl (C=O) groups excluding carboxylic acids is 1. The van der Waals surface area contributed by atoms with Crippen molar-refractivity contribution in [1.82, 2.24) is 15.2 Å². The molecule has 0 saturated carbocycles. The Balaban J connectivity index is 1.38. The normalized spacial score (nSPS) is 14.7. The number of urea groups is 1. The standard InChI is InChI=1S/C20H21N3O2S/c1-14(19-21-8-10-26-19)12-22-20(24)23-9-7-16-11-17(25-18(16)13-23)15-5-3-2-4-6-15/h2-6,8,10-11,14H,7,9,12-13H2,1H3,(H,22,24). The van der Waals surface area contributed by atoms with Gasteiger partial charge < -0.3 is 14.6 Å². The molecule has 0 aliphatic carbocycles. The largest absolute Gasteiger partial charge is 0.459 e. The van der Waals surface area contributed by atoms with Gasteiger partial charge in [-0.1, -0.05) is 37.3 Å². The second-order valence-electron chi connectivity index (χ2n) is 6.55. The second-order valence-corrected chi connectivity index (χ2v) is 7.48. The van der Waals surface area contributed by atoms with Crippen LogP contribution in [0.5, 0.6) is 0 Å². The van der Waals surface area contributed by atoms with Crippen LogP contribution in [0.1, 0.15) is 29.2 Å². The highest BCUT2D eigenvalue weighted by Gasteiger charge is 2.25. The molecule has 0 spiro atoms. The Kier molecular flexibility index (Phi) is 4.75. The molecule has 5 nitrogen and oxygen atoms in total. The Morgan fingerprint density at radius 2 is 2.23 bits per heavy atom. The molecule has 134 valence electrons. The van der Waals surface area contributed by atoms with Gasteiger partial charge in [0.25, 0.3) is 0 Å². The molecule has 3 aromatic rings. The van der Waals surface area contributed by atoms with E-state index in [9.17, 15) is 4.79 Å². The first-order valence-corrected chi connectivity index (χ1v) is 9.68. The van der Waals surface area contributed by atoms with Crippen molar-refractivity contribution in [3.8, 4) is 11.3 Å². The topological polar surface area (TPSA) is 58.4 Å². The molecule has 0 radical (unpaired) electrons. The first-order valence-electron chi connectivity index (χ1n) is 8.80. The van der Waals surface area contributed by atoms with Gasteiger partial charge in [0.2, 0.25) is 0 Å². The van der Waals surface area contributed by atoms with Gasteiger partial charge in [-0.3, -0.25) is 0 Å². The van der Waals surface area contributed by atoms with Crippen LogP contribution in [0.25, 0.3) is 11.3 Å². The van der Waals surface area contributed by atoms with Crippen LogP contribution in [-0.4, -0.2) is 29.0 Å². The summed E-state index contributed by atoms with van der Waals surface area (Å²) in [6.07, 6.45) is 2.62. The van der Waals surface area contributed by atoms with Gasteiger partial charge in [-0.2, -0.15) is 0 Å². The summed E-state index contributed by atoms with van der Waals surface area (Å²) in [5.74, 6) is 1.97. The van der Waals surface area contributed by atoms with Crippen molar-refractivity contribution in [3.05, 3.63) is 64.3 Å². The minimum absolute atomic E-state index is 0.0447. The SMILES string of the molecule is CC(CNC(=O)N1CCc2cc(-c3ccccc3)oc2C1)c1nccs1. The van der Waals surface area contributed by atoms with Crippen molar-refractivity contribution >= 4 is 17.4 Å². The maximum Gasteiger partial charge on any atom is 0.317 e. The van der Waals surface area contributed by atoms with Crippen molar-refractivity contribution < 1.29 is 9.21 Å². The van der Waals surface area contributed by atoms with Crippen LogP contribution in [-0.2, 0) is 13.0 Å². The molecule has 6 heteroatoms. The number of rotatable bonds is 4. The smallest absolute Gasteiger partial charge is 0.317 e. The molecular weight excluding hydrogens is 346 g/mol. The highest BCUT2D eigenvalue weighted by Crippen LogP contribution is 2.29. The number of hydrogen-bond donors (Lipinski definition) is 1. The molecule has 1 atom stereocenters. The Bertz CT molecular complexity index is 874. The van der Waals surface area contributed by atoms with Crippen LogP contribution >= 0.6 is 11.3 Å². The first kappa shape index (κ1) is 16.8. The maximum absolute atomic E-state index is 12.5. The summed E-state index contributed by atoms with van der Waals surface area (Å²) in [5.41, 5.74) is 2.26. The fourth-order valence-corrected chi connectivity index (χ4v) is 3.85. The lowest BCUT2D eigenvalue weighted by Gasteiger charge is -2.26. The average Bonchev–Trinajstić information content (AvgIpc) is 3.35. The predicted molar refractivity (Wildman–Crippen MR) is 102 cm³/mol. The lowest BCUT2D eigenvalue weighted by molar-refractivity contribution is 0.186. The van der Waals surface area contributed by atoms with E-state index in [0.29, 0.717) is 19.6 Å². The zero-order chi connectivity index (χ0) is 17.9. The summed E-state index contributed by atoms with van der Waals surface area (Å²) >= 11 is 1.62. The van der Waals surface area contributed by atoms with Crippen LogP contribution in [0.4, 0.5) is 4.79 Å². The van der Waals surface area contributed by atoms with Gasteiger partial charge in [0.15, 0.2) is 0 Å². The molecule has 1 aliphatic rings. The van der Waals surface area contributed by atoms with Gasteiger partial charge in [-0.05, 0) is 18.1 Å². The molecule has 1 aliphatic heterocycles. The van der Waals surface area contributed by atoms with E-state index in [1.807, 2.05) is 40.6 Å². The molecule has 2 aromatic heterocycles. The van der Waals surface area contributed by atoms with E-state index in [2.05, 4.69) is 23.3 Å². The van der Waals surface area contributed by atoms with Crippen molar-refractivity contribution in [3.63, 3.8) is 0 Å². The van der Waals surface area contributed by atoms with Crippen LogP contribution in [0.3, 0.4) is 0 Å². The average molecular weight is 367 g/mol. The Morgan fingerprint density at radius 3 is 3.00 bits per heavy atom. The van der Waals surface area contributed by atoms with E-state index < -0.39 is 0 Å². The third-order valence-corrected chi connectivity index (χ3v) is 5.67. The fourth-order valence-electron chi connectivity index (χ4n) is 3.16. The zero-order valence-corrected chi connectivity index (χ0v) is 15.5. The van der Waals surface area contributed by atoms with E-state index in [1.165, 1.54) is 5.56 Å². The minimum atomic E-state index is -0.0447. The van der Waals surface area contributed by atoms with Crippen molar-refractivity contribution in [2.75, 3.05) is 13.1 Å². The van der Waals surface area contributed by atoms with Gasteiger partial charge in [0.1, 0.15) is 11.5 Å². The lowest BCUT2D eigenvalue weighted by atomic mass is 10.1. The monoisotopic (exact) mass is 367 g/mol. The van der Waals surface area contributed by atoms with E-state index in [1.54, 1.807) is 17.5 Å². The summed E-state index contributed by atoms with van der Waals surface area (Å²) in [4.78, 5) is 18.6. The number of carbonyl (C=O) groups is 1. The second kappa shape index (κ2) is 7.33. The van der Waals surface area contributed by atoms with E-state index in [4.69, 9.17) is 4.42 Å². The molecule has 0 fully saturated rings. The molecule has 1 N–H and O–H groups in total. The Hall–Kier alpha value is -2.60. The Labute approximate surface area is 156 Å². The van der Waals surface area contributed by atoms with Gasteiger partial charge in [0.05, 0.1) is 11.6 Å². The van der Waals surface area contributed by atoms with Gasteiger partial charge >= 0.3 is 6.03 Å². The summed E-state index contributed by atoms with van der Waals surface area (Å²) in [6.45, 7) is 3.88. The van der Waals surface area contributed by atoms with E-state index in [0.717, 1.165) is 28.5 Å². The highest BCUT2D eigenvalue weighted by molar-refractivity contribution is 7.09. The molecule has 1 unspecified atom stereocenters. The number of aromatic nitrogens is 1. The summed E-state index contributed by atoms with van der Waals surface area (Å²) in [7, 11) is 0. The molecule has 0 saturated heterocycles. The van der Waals surface area contributed by atoms with Crippen molar-refractivity contribution in [2.45, 2.75) is 25.8 Å². The number of amides is 2. The maximum atomic E-state index is 12.5. The third-order valence-electron chi connectivity index (χ3n) is 4.66. The number of fused-ring (bicyclic) bond motifs is 1. The minimum Gasteiger partial charge on any atom is -0.459 e. The molecule has 4 rings (SSSR count). The van der Waals surface area contributed by atoms with Crippen molar-refractivity contribution in [2.24, 2.45) is 0 Å². The summed E-state index contributed by atoms with van der Waals surface area (Å²) in [6, 6.07) is 12.1. The van der Waals surface area contributed by atoms with Gasteiger partial charge in [0, 0.05) is 36.1 Å². The van der Waals surface area contributed by atoms with E-state index in [-0.39, 0.29) is 11.9 Å². The number of benzene rings is 1. The number of nitrogens with one attached hydrogen (secondary N) is 1. The molecule has 2 amide bonds. The van der Waals surface area contributed by atoms with Gasteiger partial charge in [-0.25, -0.2) is 9.78 Å². The summed E-state index contributed by atoms with van der Waals surface area (Å²) in [5, 5.41) is 6.03. The molecule has 26 heavy (non-hydrogen) atoms.